The number of aliphatic imine (C=N–C) groups is 1. The van der Waals surface area contributed by atoms with Crippen molar-refractivity contribution in [2.75, 3.05) is 12.0 Å². The number of rotatable bonds is 4. The van der Waals surface area contributed by atoms with Crippen LogP contribution < -0.4 is 9.64 Å². The minimum Gasteiger partial charge on any atom is -0.496 e. The van der Waals surface area contributed by atoms with E-state index in [2.05, 4.69) is 4.99 Å². The first kappa shape index (κ1) is 19.0. The molecule has 144 valence electrons. The number of hydrogen-bond donors (Lipinski definition) is 0. The van der Waals surface area contributed by atoms with Gasteiger partial charge in [-0.3, -0.25) is 9.69 Å². The lowest BCUT2D eigenvalue weighted by Crippen LogP contribution is -2.32. The number of amidine groups is 1. The Balaban J connectivity index is 1.85. The van der Waals surface area contributed by atoms with E-state index in [1.54, 1.807) is 42.4 Å². The van der Waals surface area contributed by atoms with Crippen molar-refractivity contribution in [2.24, 2.45) is 4.99 Å². The second-order valence-corrected chi connectivity index (χ2v) is 7.13. The Labute approximate surface area is 174 Å². The predicted octanol–water partition coefficient (Wildman–Crippen LogP) is 5.49. The largest absolute Gasteiger partial charge is 0.496 e. The van der Waals surface area contributed by atoms with Gasteiger partial charge in [-0.2, -0.15) is 0 Å². The molecule has 0 atom stereocenters. The summed E-state index contributed by atoms with van der Waals surface area (Å²) in [6, 6.07) is 22.6. The summed E-state index contributed by atoms with van der Waals surface area (Å²) in [7, 11) is 1.60. The number of aryl methyl sites for hydroxylation is 1. The van der Waals surface area contributed by atoms with Crippen molar-refractivity contribution in [2.45, 2.75) is 6.92 Å². The minimum absolute atomic E-state index is 0.200. The fraction of sp³-hybridized carbons (Fsp3) is 0.0833. The van der Waals surface area contributed by atoms with Crippen LogP contribution in [0.1, 0.15) is 16.7 Å². The number of ether oxygens (including phenoxy) is 1. The Morgan fingerprint density at radius 1 is 0.966 bits per heavy atom. The van der Waals surface area contributed by atoms with Crippen LogP contribution >= 0.6 is 11.6 Å². The first-order valence-corrected chi connectivity index (χ1v) is 9.55. The summed E-state index contributed by atoms with van der Waals surface area (Å²) in [5.74, 6) is 0.969. The summed E-state index contributed by atoms with van der Waals surface area (Å²) >= 11 is 6.04. The summed E-state index contributed by atoms with van der Waals surface area (Å²) in [5.41, 5.74) is 3.87. The number of methoxy groups -OCH3 is 1. The fourth-order valence-corrected chi connectivity index (χ4v) is 3.30. The zero-order valence-electron chi connectivity index (χ0n) is 16.1. The van der Waals surface area contributed by atoms with Crippen LogP contribution in [0.4, 0.5) is 5.69 Å². The maximum atomic E-state index is 13.3. The lowest BCUT2D eigenvalue weighted by atomic mass is 10.1. The molecule has 29 heavy (non-hydrogen) atoms. The highest BCUT2D eigenvalue weighted by molar-refractivity contribution is 6.34. The molecule has 0 saturated heterocycles. The third-order valence-corrected chi connectivity index (χ3v) is 4.93. The Hall–Kier alpha value is -3.37. The molecule has 0 unspecified atom stereocenters. The number of halogens is 1. The van der Waals surface area contributed by atoms with Gasteiger partial charge in [-0.1, -0.05) is 53.6 Å². The van der Waals surface area contributed by atoms with Crippen molar-refractivity contribution in [3.05, 3.63) is 100 Å². The van der Waals surface area contributed by atoms with Crippen LogP contribution in [0.3, 0.4) is 0 Å². The van der Waals surface area contributed by atoms with E-state index in [0.717, 1.165) is 16.7 Å². The SMILES string of the molecule is COc1ccccc1C1=N/C(=C/c2ccc(C)cc2)C(=O)N1c1ccc(Cl)cc1. The van der Waals surface area contributed by atoms with Crippen molar-refractivity contribution in [1.82, 2.24) is 0 Å². The number of nitrogens with zero attached hydrogens (tertiary/aromatic N) is 2. The van der Waals surface area contributed by atoms with E-state index >= 15 is 0 Å². The number of carbonyl (C=O) groups excluding carboxylic acids is 1. The third-order valence-electron chi connectivity index (χ3n) is 4.67. The molecule has 0 aliphatic carbocycles. The molecule has 0 N–H and O–H groups in total. The van der Waals surface area contributed by atoms with Gasteiger partial charge < -0.3 is 4.74 Å². The molecular weight excluding hydrogens is 384 g/mol. The predicted molar refractivity (Wildman–Crippen MR) is 118 cm³/mol. The number of anilines is 1. The second kappa shape index (κ2) is 7.94. The third kappa shape index (κ3) is 3.80. The number of amides is 1. The molecular formula is C24H19ClN2O2. The molecule has 0 spiro atoms. The van der Waals surface area contributed by atoms with Crippen molar-refractivity contribution >= 4 is 35.1 Å². The molecule has 1 amide bonds. The minimum atomic E-state index is -0.200. The van der Waals surface area contributed by atoms with Crippen LogP contribution in [0, 0.1) is 6.92 Å². The zero-order chi connectivity index (χ0) is 20.4. The maximum Gasteiger partial charge on any atom is 0.282 e. The number of benzene rings is 3. The van der Waals surface area contributed by atoms with E-state index < -0.39 is 0 Å². The normalized spacial score (nSPS) is 15.0. The molecule has 0 radical (unpaired) electrons. The lowest BCUT2D eigenvalue weighted by molar-refractivity contribution is -0.113. The van der Waals surface area contributed by atoms with Gasteiger partial charge in [0.25, 0.3) is 5.91 Å². The van der Waals surface area contributed by atoms with Crippen LogP contribution in [0.25, 0.3) is 6.08 Å². The van der Waals surface area contributed by atoms with Crippen LogP contribution in [0.15, 0.2) is 83.5 Å². The molecule has 0 saturated carbocycles. The van der Waals surface area contributed by atoms with Crippen LogP contribution in [0.2, 0.25) is 5.02 Å². The van der Waals surface area contributed by atoms with Gasteiger partial charge >= 0.3 is 0 Å². The highest BCUT2D eigenvalue weighted by Crippen LogP contribution is 2.31. The summed E-state index contributed by atoms with van der Waals surface area (Å²) in [6.07, 6.45) is 1.80. The van der Waals surface area contributed by atoms with Crippen molar-refractivity contribution in [3.63, 3.8) is 0 Å². The number of carbonyl (C=O) groups is 1. The van der Waals surface area contributed by atoms with Gasteiger partial charge in [0.1, 0.15) is 11.4 Å². The Kier molecular flexibility index (Phi) is 5.19. The molecule has 3 aromatic carbocycles. The van der Waals surface area contributed by atoms with Crippen LogP contribution in [-0.2, 0) is 4.79 Å². The van der Waals surface area contributed by atoms with Gasteiger partial charge in [0.2, 0.25) is 0 Å². The highest BCUT2D eigenvalue weighted by Gasteiger charge is 2.33. The molecule has 1 aliphatic heterocycles. The van der Waals surface area contributed by atoms with E-state index in [1.807, 2.05) is 55.5 Å². The van der Waals surface area contributed by atoms with Crippen molar-refractivity contribution < 1.29 is 9.53 Å². The molecule has 5 heteroatoms. The summed E-state index contributed by atoms with van der Waals surface area (Å²) < 4.78 is 5.50. The van der Waals surface area contributed by atoms with Gasteiger partial charge in [-0.05, 0) is 55.0 Å². The molecule has 1 heterocycles. The van der Waals surface area contributed by atoms with Gasteiger partial charge in [0.05, 0.1) is 18.4 Å². The van der Waals surface area contributed by atoms with E-state index in [-0.39, 0.29) is 5.91 Å². The second-order valence-electron chi connectivity index (χ2n) is 6.69. The smallest absolute Gasteiger partial charge is 0.282 e. The van der Waals surface area contributed by atoms with E-state index in [1.165, 1.54) is 0 Å². The van der Waals surface area contributed by atoms with E-state index in [9.17, 15) is 4.79 Å². The van der Waals surface area contributed by atoms with Gasteiger partial charge in [0.15, 0.2) is 5.84 Å². The lowest BCUT2D eigenvalue weighted by Gasteiger charge is -2.20. The topological polar surface area (TPSA) is 41.9 Å². The first-order chi connectivity index (χ1) is 14.1. The highest BCUT2D eigenvalue weighted by atomic mass is 35.5. The summed E-state index contributed by atoms with van der Waals surface area (Å²) in [4.78, 5) is 19.6. The molecule has 4 rings (SSSR count). The quantitative estimate of drug-likeness (QED) is 0.541. The summed E-state index contributed by atoms with van der Waals surface area (Å²) in [5, 5.41) is 0.603. The monoisotopic (exact) mass is 402 g/mol. The maximum absolute atomic E-state index is 13.3. The van der Waals surface area contributed by atoms with E-state index in [0.29, 0.717) is 28.0 Å². The molecule has 4 nitrogen and oxygen atoms in total. The Morgan fingerprint density at radius 3 is 2.34 bits per heavy atom. The van der Waals surface area contributed by atoms with Gasteiger partial charge in [-0.25, -0.2) is 4.99 Å². The van der Waals surface area contributed by atoms with E-state index in [4.69, 9.17) is 16.3 Å². The Bertz CT molecular complexity index is 1120. The molecule has 0 fully saturated rings. The number of para-hydroxylation sites is 1. The first-order valence-electron chi connectivity index (χ1n) is 9.17. The standard InChI is InChI=1S/C24H19ClN2O2/c1-16-7-9-17(10-8-16)15-21-24(28)27(19-13-11-18(25)12-14-19)23(26-21)20-5-3-4-6-22(20)29-2/h3-15H,1-2H3/b21-15+. The van der Waals surface area contributed by atoms with Crippen molar-refractivity contribution in [3.8, 4) is 5.75 Å². The van der Waals surface area contributed by atoms with Crippen molar-refractivity contribution in [1.29, 1.82) is 0 Å². The average molecular weight is 403 g/mol. The molecule has 0 bridgehead atoms. The zero-order valence-corrected chi connectivity index (χ0v) is 16.9. The van der Waals surface area contributed by atoms with Gasteiger partial charge in [-0.15, -0.1) is 0 Å². The number of hydrogen-bond acceptors (Lipinski definition) is 3. The molecule has 0 aromatic heterocycles. The molecule has 1 aliphatic rings. The average Bonchev–Trinajstić information content (AvgIpc) is 3.06. The molecule has 3 aromatic rings. The Morgan fingerprint density at radius 2 is 1.66 bits per heavy atom. The van der Waals surface area contributed by atoms with Crippen LogP contribution in [0.5, 0.6) is 5.75 Å². The van der Waals surface area contributed by atoms with Gasteiger partial charge in [0, 0.05) is 5.02 Å². The summed E-state index contributed by atoms with van der Waals surface area (Å²) in [6.45, 7) is 2.03. The van der Waals surface area contributed by atoms with Crippen LogP contribution in [-0.4, -0.2) is 18.9 Å². The fourth-order valence-electron chi connectivity index (χ4n) is 3.18.